The predicted octanol–water partition coefficient (Wildman–Crippen LogP) is 17.4. The first-order valence-corrected chi connectivity index (χ1v) is 31.0. The molecule has 10 heteroatoms. The summed E-state index contributed by atoms with van der Waals surface area (Å²) in [5.74, 6) is -0.615. The van der Waals surface area contributed by atoms with Crippen molar-refractivity contribution in [1.29, 1.82) is 0 Å². The third-order valence-corrected chi connectivity index (χ3v) is 13.5. The van der Waals surface area contributed by atoms with Crippen molar-refractivity contribution in [3.05, 3.63) is 97.2 Å². The molecule has 0 aromatic rings. The summed E-state index contributed by atoms with van der Waals surface area (Å²) in [6, 6.07) is -0.918. The summed E-state index contributed by atoms with van der Waals surface area (Å²) < 4.78 is 30.2. The highest BCUT2D eigenvalue weighted by Gasteiger charge is 2.27. The van der Waals surface area contributed by atoms with Crippen LogP contribution in [0.1, 0.15) is 239 Å². The molecule has 9 nitrogen and oxygen atoms in total. The van der Waals surface area contributed by atoms with Crippen molar-refractivity contribution >= 4 is 19.7 Å². The van der Waals surface area contributed by atoms with Crippen LogP contribution < -0.4 is 10.2 Å². The zero-order valence-corrected chi connectivity index (χ0v) is 48.7. The van der Waals surface area contributed by atoms with Gasteiger partial charge in [-0.15, -0.1) is 0 Å². The fraction of sp³-hybridized carbons (Fsp3) is 0.714. The van der Waals surface area contributed by atoms with E-state index < -0.39 is 26.6 Å². The third kappa shape index (κ3) is 53.6. The van der Waals surface area contributed by atoms with Crippen molar-refractivity contribution in [2.45, 2.75) is 251 Å². The van der Waals surface area contributed by atoms with Gasteiger partial charge in [-0.05, 0) is 109 Å². The number of phosphoric acid groups is 1. The van der Waals surface area contributed by atoms with Gasteiger partial charge in [-0.1, -0.05) is 215 Å². The van der Waals surface area contributed by atoms with Crippen LogP contribution in [0.4, 0.5) is 0 Å². The number of hydrogen-bond donors (Lipinski definition) is 1. The highest BCUT2D eigenvalue weighted by Crippen LogP contribution is 2.38. The number of unbranched alkanes of at least 4 members (excludes halogenated alkanes) is 22. The molecule has 3 unspecified atom stereocenters. The molecule has 0 fully saturated rings. The average molecular weight is 1040 g/mol. The summed E-state index contributed by atoms with van der Waals surface area (Å²) in [4.78, 5) is 39.9. The van der Waals surface area contributed by atoms with E-state index in [2.05, 4.69) is 111 Å². The molecule has 0 heterocycles. The Kier molecular flexibility index (Phi) is 50.2. The topological polar surface area (TPSA) is 114 Å². The molecule has 0 aromatic heterocycles. The Balaban J connectivity index is 5.41. The Hall–Kier alpha value is -3.07. The van der Waals surface area contributed by atoms with Crippen LogP contribution in [0.5, 0.6) is 0 Å². The zero-order valence-electron chi connectivity index (χ0n) is 47.8. The highest BCUT2D eigenvalue weighted by molar-refractivity contribution is 7.45. The molecule has 0 bridgehead atoms. The van der Waals surface area contributed by atoms with Crippen molar-refractivity contribution < 1.29 is 37.3 Å². The number of likely N-dealkylation sites (N-methyl/N-ethyl adjacent to an activating group) is 1. The van der Waals surface area contributed by atoms with Gasteiger partial charge in [0, 0.05) is 12.8 Å². The molecule has 0 aliphatic carbocycles. The number of esters is 1. The van der Waals surface area contributed by atoms with Gasteiger partial charge in [-0.25, -0.2) is 0 Å². The summed E-state index contributed by atoms with van der Waals surface area (Å²) in [6.07, 6.45) is 69.5. The minimum atomic E-state index is -4.71. The van der Waals surface area contributed by atoms with Gasteiger partial charge in [0.15, 0.2) is 0 Å². The molecule has 0 aliphatic heterocycles. The second-order valence-corrected chi connectivity index (χ2v) is 22.2. The number of phosphoric ester groups is 1. The van der Waals surface area contributed by atoms with Gasteiger partial charge >= 0.3 is 5.97 Å². The van der Waals surface area contributed by atoms with E-state index in [-0.39, 0.29) is 31.3 Å². The minimum Gasteiger partial charge on any atom is -0.756 e. The highest BCUT2D eigenvalue weighted by atomic mass is 31.2. The summed E-state index contributed by atoms with van der Waals surface area (Å²) in [7, 11) is 1.14. The van der Waals surface area contributed by atoms with Crippen LogP contribution in [0.25, 0.3) is 0 Å². The van der Waals surface area contributed by atoms with Crippen molar-refractivity contribution in [2.75, 3.05) is 40.9 Å². The lowest BCUT2D eigenvalue weighted by Crippen LogP contribution is -2.47. The molecule has 420 valence electrons. The van der Waals surface area contributed by atoms with Crippen LogP contribution in [0.15, 0.2) is 97.2 Å². The SMILES string of the molecule is CC/C=C\C/C=C\C/C=C\C/C=C\C/C=C\C/C=C\CCCCC(=O)OC(/C=C\CCCCCCCCCCCC)C(COP(=O)([O-])OCC[N+](C)(C)C)NC(=O)CCCCC/C=C\CCCCCCCCC. The summed E-state index contributed by atoms with van der Waals surface area (Å²) in [5, 5.41) is 3.00. The smallest absolute Gasteiger partial charge is 0.306 e. The molecule has 0 rings (SSSR count). The van der Waals surface area contributed by atoms with Crippen molar-refractivity contribution in [2.24, 2.45) is 0 Å². The maximum atomic E-state index is 13.5. The number of rotatable bonds is 52. The molecule has 0 aliphatic rings. The van der Waals surface area contributed by atoms with Gasteiger partial charge in [-0.3, -0.25) is 14.2 Å². The Morgan fingerprint density at radius 1 is 0.493 bits per heavy atom. The van der Waals surface area contributed by atoms with Gasteiger partial charge in [0.25, 0.3) is 7.82 Å². The van der Waals surface area contributed by atoms with Crippen LogP contribution in [-0.2, 0) is 27.9 Å². The Bertz CT molecular complexity index is 1570. The second-order valence-electron chi connectivity index (χ2n) is 20.8. The summed E-state index contributed by atoms with van der Waals surface area (Å²) in [5.41, 5.74) is 0. The van der Waals surface area contributed by atoms with Crippen molar-refractivity contribution in [3.8, 4) is 0 Å². The zero-order chi connectivity index (χ0) is 53.6. The van der Waals surface area contributed by atoms with Crippen LogP contribution in [0, 0.1) is 0 Å². The Morgan fingerprint density at radius 2 is 0.877 bits per heavy atom. The van der Waals surface area contributed by atoms with Crippen LogP contribution >= 0.6 is 7.82 Å². The van der Waals surface area contributed by atoms with E-state index in [1.807, 2.05) is 33.3 Å². The first kappa shape index (κ1) is 69.9. The van der Waals surface area contributed by atoms with Gasteiger partial charge in [0.1, 0.15) is 19.3 Å². The quantitative estimate of drug-likeness (QED) is 0.0212. The number of hydrogen-bond acceptors (Lipinski definition) is 7. The average Bonchev–Trinajstić information content (AvgIpc) is 3.35. The molecule has 73 heavy (non-hydrogen) atoms. The lowest BCUT2D eigenvalue weighted by molar-refractivity contribution is -0.870. The normalized spacial score (nSPS) is 14.5. The fourth-order valence-corrected chi connectivity index (χ4v) is 8.65. The maximum absolute atomic E-state index is 13.5. The van der Waals surface area contributed by atoms with E-state index in [9.17, 15) is 19.0 Å². The fourth-order valence-electron chi connectivity index (χ4n) is 7.93. The summed E-state index contributed by atoms with van der Waals surface area (Å²) in [6.45, 7) is 6.67. The Morgan fingerprint density at radius 3 is 1.34 bits per heavy atom. The molecule has 0 aromatic carbocycles. The molecule has 0 radical (unpaired) electrons. The van der Waals surface area contributed by atoms with Crippen molar-refractivity contribution in [1.82, 2.24) is 5.32 Å². The first-order chi connectivity index (χ1) is 35.4. The minimum absolute atomic E-state index is 0.0363. The van der Waals surface area contributed by atoms with Crippen LogP contribution in [-0.4, -0.2) is 69.4 Å². The van der Waals surface area contributed by atoms with Gasteiger partial charge < -0.3 is 28.5 Å². The predicted molar refractivity (Wildman–Crippen MR) is 311 cm³/mol. The standard InChI is InChI=1S/C63H111N2O7P/c1-7-10-13-16-19-22-25-28-30-31-32-33-34-35-36-38-41-44-47-50-53-56-63(67)72-61(54-51-48-45-42-39-27-24-21-18-15-12-9-3)60(59-71-73(68,69)70-58-57-65(4,5)6)64-62(66)55-52-49-46-43-40-37-29-26-23-20-17-14-11-8-2/h10,13,19,22,28,30,32-33,35-37,40-41,44,51,54,60-61H,7-9,11-12,14-18,20-21,23-27,29,31,34,38-39,42-43,45-50,52-53,55-59H2,1-6H3,(H-,64,66,68,69)/b13-10-,22-19-,30-28-,33-32-,36-35-,40-37-,44-41-,54-51-. The van der Waals surface area contributed by atoms with Gasteiger partial charge in [0.2, 0.25) is 5.91 Å². The monoisotopic (exact) mass is 1040 g/mol. The van der Waals surface area contributed by atoms with Crippen LogP contribution in [0.2, 0.25) is 0 Å². The molecule has 1 N–H and O–H groups in total. The third-order valence-electron chi connectivity index (χ3n) is 12.5. The molecule has 3 atom stereocenters. The number of amides is 1. The van der Waals surface area contributed by atoms with E-state index in [4.69, 9.17) is 13.8 Å². The number of nitrogens with one attached hydrogen (secondary N) is 1. The van der Waals surface area contributed by atoms with E-state index in [1.54, 1.807) is 0 Å². The number of carbonyl (C=O) groups is 2. The molecule has 0 saturated heterocycles. The largest absolute Gasteiger partial charge is 0.756 e. The lowest BCUT2D eigenvalue weighted by atomic mass is 10.1. The van der Waals surface area contributed by atoms with E-state index in [1.165, 1.54) is 96.3 Å². The van der Waals surface area contributed by atoms with E-state index in [0.29, 0.717) is 23.9 Å². The molecular formula is C63H111N2O7P. The number of ether oxygens (including phenoxy) is 1. The van der Waals surface area contributed by atoms with Gasteiger partial charge in [-0.2, -0.15) is 0 Å². The number of nitrogens with zero attached hydrogens (tertiary/aromatic N) is 1. The number of quaternary nitrogens is 1. The van der Waals surface area contributed by atoms with E-state index >= 15 is 0 Å². The molecule has 1 amide bonds. The Labute approximate surface area is 449 Å². The number of allylic oxidation sites excluding steroid dienone is 15. The van der Waals surface area contributed by atoms with E-state index in [0.717, 1.165) is 96.3 Å². The first-order valence-electron chi connectivity index (χ1n) is 29.5. The van der Waals surface area contributed by atoms with Gasteiger partial charge in [0.05, 0.1) is 33.8 Å². The van der Waals surface area contributed by atoms with Crippen molar-refractivity contribution in [3.63, 3.8) is 0 Å². The molecule has 0 saturated carbocycles. The molecule has 0 spiro atoms. The summed E-state index contributed by atoms with van der Waals surface area (Å²) >= 11 is 0. The maximum Gasteiger partial charge on any atom is 0.306 e. The lowest BCUT2D eigenvalue weighted by Gasteiger charge is -2.30. The number of carbonyl (C=O) groups excluding carboxylic acids is 2. The molecular weight excluding hydrogens is 928 g/mol. The second kappa shape index (κ2) is 52.4. The van der Waals surface area contributed by atoms with Crippen LogP contribution in [0.3, 0.4) is 0 Å².